The van der Waals surface area contributed by atoms with Crippen LogP contribution in [0.4, 0.5) is 0 Å². The van der Waals surface area contributed by atoms with E-state index in [1.54, 1.807) is 19.0 Å². The zero-order valence-corrected chi connectivity index (χ0v) is 9.98. The van der Waals surface area contributed by atoms with Crippen molar-refractivity contribution in [2.45, 2.75) is 40.0 Å². The number of hydrogen-bond donors (Lipinski definition) is 0. The van der Waals surface area contributed by atoms with Gasteiger partial charge in [-0.2, -0.15) is 0 Å². The average molecular weight is 195 g/mol. The highest BCUT2D eigenvalue weighted by molar-refractivity contribution is 5.78. The molecule has 80 valence electrons. The highest BCUT2D eigenvalue weighted by atomic mass is 16.2. The summed E-state index contributed by atoms with van der Waals surface area (Å²) in [4.78, 5) is 13.1. The Morgan fingerprint density at radius 1 is 1.29 bits per heavy atom. The van der Waals surface area contributed by atoms with Crippen molar-refractivity contribution in [3.8, 4) is 0 Å². The molecule has 14 heavy (non-hydrogen) atoms. The van der Waals surface area contributed by atoms with E-state index in [-0.39, 0.29) is 5.91 Å². The van der Waals surface area contributed by atoms with Crippen LogP contribution in [0, 0.1) is 0 Å². The molecule has 0 aliphatic rings. The molecule has 0 aromatic carbocycles. The van der Waals surface area contributed by atoms with Gasteiger partial charge in [-0.25, -0.2) is 0 Å². The fourth-order valence-corrected chi connectivity index (χ4v) is 1.19. The topological polar surface area (TPSA) is 20.3 Å². The van der Waals surface area contributed by atoms with Gasteiger partial charge in [0.2, 0.25) is 5.91 Å². The monoisotopic (exact) mass is 195 g/mol. The van der Waals surface area contributed by atoms with E-state index in [0.29, 0.717) is 6.42 Å². The third-order valence-corrected chi connectivity index (χ3v) is 1.84. The average Bonchev–Trinajstić information content (AvgIpc) is 2.02. The summed E-state index contributed by atoms with van der Waals surface area (Å²) in [6.07, 6.45) is 2.53. The van der Waals surface area contributed by atoms with Crippen LogP contribution < -0.4 is 0 Å². The van der Waals surface area contributed by atoms with Crippen LogP contribution in [-0.2, 0) is 4.79 Å². The van der Waals surface area contributed by atoms with Gasteiger partial charge >= 0.3 is 0 Å². The third-order valence-electron chi connectivity index (χ3n) is 1.84. The summed E-state index contributed by atoms with van der Waals surface area (Å²) in [5, 5.41) is 0. The Kier molecular flexibility index (Phi) is 5.98. The van der Waals surface area contributed by atoms with E-state index in [1.165, 1.54) is 0 Å². The van der Waals surface area contributed by atoms with Gasteiger partial charge in [0.1, 0.15) is 0 Å². The second-order valence-corrected chi connectivity index (χ2v) is 3.94. The van der Waals surface area contributed by atoms with Crippen LogP contribution in [0.5, 0.6) is 0 Å². The normalized spacial score (nSPS) is 9.21. The van der Waals surface area contributed by atoms with Crippen molar-refractivity contribution in [2.75, 3.05) is 14.1 Å². The molecule has 1 amide bonds. The Morgan fingerprint density at radius 3 is 2.21 bits per heavy atom. The highest BCUT2D eigenvalue weighted by Crippen LogP contribution is 2.10. The van der Waals surface area contributed by atoms with Crippen molar-refractivity contribution in [2.24, 2.45) is 0 Å². The second kappa shape index (κ2) is 6.44. The Labute approximate surface area is 87.3 Å². The first-order valence-corrected chi connectivity index (χ1v) is 5.09. The van der Waals surface area contributed by atoms with Gasteiger partial charge in [-0.3, -0.25) is 4.79 Å². The van der Waals surface area contributed by atoms with Crippen LogP contribution in [0.1, 0.15) is 40.0 Å². The lowest BCUT2D eigenvalue weighted by Gasteiger charge is -2.10. The molecule has 0 saturated heterocycles. The molecule has 2 nitrogen and oxygen atoms in total. The lowest BCUT2D eigenvalue weighted by Crippen LogP contribution is -2.21. The SMILES string of the molecule is CCCC(=C=C(C)C)CC(=O)N(C)C. The van der Waals surface area contributed by atoms with E-state index in [0.717, 1.165) is 24.0 Å². The molecule has 0 heterocycles. The number of carbonyl (C=O) groups excluding carboxylic acids is 1. The van der Waals surface area contributed by atoms with Crippen LogP contribution in [0.3, 0.4) is 0 Å². The summed E-state index contributed by atoms with van der Waals surface area (Å²) >= 11 is 0. The fraction of sp³-hybridized carbons (Fsp3) is 0.667. The highest BCUT2D eigenvalue weighted by Gasteiger charge is 2.06. The molecular weight excluding hydrogens is 174 g/mol. The predicted octanol–water partition coefficient (Wildman–Crippen LogP) is 2.76. The van der Waals surface area contributed by atoms with Gasteiger partial charge in [0.15, 0.2) is 0 Å². The van der Waals surface area contributed by atoms with Crippen molar-refractivity contribution >= 4 is 5.91 Å². The minimum absolute atomic E-state index is 0.155. The molecule has 0 unspecified atom stereocenters. The Hall–Kier alpha value is -1.01. The number of carbonyl (C=O) groups is 1. The van der Waals surface area contributed by atoms with Crippen LogP contribution in [-0.4, -0.2) is 24.9 Å². The predicted molar refractivity (Wildman–Crippen MR) is 60.1 cm³/mol. The van der Waals surface area contributed by atoms with Crippen LogP contribution >= 0.6 is 0 Å². The number of hydrogen-bond acceptors (Lipinski definition) is 1. The smallest absolute Gasteiger partial charge is 0.226 e. The van der Waals surface area contributed by atoms with E-state index < -0.39 is 0 Å². The maximum atomic E-state index is 11.5. The first kappa shape index (κ1) is 13.0. The summed E-state index contributed by atoms with van der Waals surface area (Å²) in [5.74, 6) is 0.155. The summed E-state index contributed by atoms with van der Waals surface area (Å²) in [6, 6.07) is 0. The van der Waals surface area contributed by atoms with E-state index in [2.05, 4.69) is 12.7 Å². The first-order chi connectivity index (χ1) is 6.47. The number of nitrogens with zero attached hydrogens (tertiary/aromatic N) is 1. The molecule has 0 aliphatic carbocycles. The molecule has 2 heteroatoms. The maximum absolute atomic E-state index is 11.5. The second-order valence-electron chi connectivity index (χ2n) is 3.94. The summed E-state index contributed by atoms with van der Waals surface area (Å²) in [7, 11) is 3.57. The van der Waals surface area contributed by atoms with Gasteiger partial charge in [0.05, 0.1) is 6.42 Å². The maximum Gasteiger partial charge on any atom is 0.226 e. The van der Waals surface area contributed by atoms with Gasteiger partial charge in [-0.05, 0) is 31.4 Å². The molecule has 0 atom stereocenters. The number of amides is 1. The third kappa shape index (κ3) is 5.60. The Balaban J connectivity index is 4.56. The molecule has 0 bridgehead atoms. The molecule has 0 radical (unpaired) electrons. The van der Waals surface area contributed by atoms with Crippen LogP contribution in [0.15, 0.2) is 16.9 Å². The molecule has 0 aromatic rings. The van der Waals surface area contributed by atoms with Gasteiger partial charge in [0, 0.05) is 14.1 Å². The lowest BCUT2D eigenvalue weighted by molar-refractivity contribution is -0.127. The fourth-order valence-electron chi connectivity index (χ4n) is 1.19. The van der Waals surface area contributed by atoms with E-state index in [9.17, 15) is 4.79 Å². The Morgan fingerprint density at radius 2 is 1.86 bits per heavy atom. The molecule has 0 N–H and O–H groups in total. The molecule has 0 rings (SSSR count). The largest absolute Gasteiger partial charge is 0.349 e. The van der Waals surface area contributed by atoms with E-state index in [4.69, 9.17) is 0 Å². The lowest BCUT2D eigenvalue weighted by atomic mass is 10.1. The summed E-state index contributed by atoms with van der Waals surface area (Å²) < 4.78 is 0. The minimum Gasteiger partial charge on any atom is -0.349 e. The van der Waals surface area contributed by atoms with E-state index in [1.807, 2.05) is 13.8 Å². The molecule has 0 saturated carbocycles. The van der Waals surface area contributed by atoms with E-state index >= 15 is 0 Å². The Bertz CT molecular complexity index is 253. The van der Waals surface area contributed by atoms with Gasteiger partial charge in [-0.15, -0.1) is 5.73 Å². The van der Waals surface area contributed by atoms with Crippen LogP contribution in [0.2, 0.25) is 0 Å². The molecule has 0 fully saturated rings. The van der Waals surface area contributed by atoms with Crippen molar-refractivity contribution in [3.63, 3.8) is 0 Å². The zero-order valence-electron chi connectivity index (χ0n) is 9.98. The van der Waals surface area contributed by atoms with Gasteiger partial charge in [0.25, 0.3) is 0 Å². The van der Waals surface area contributed by atoms with Crippen molar-refractivity contribution in [1.29, 1.82) is 0 Å². The van der Waals surface area contributed by atoms with Gasteiger partial charge in [-0.1, -0.05) is 13.3 Å². The first-order valence-electron chi connectivity index (χ1n) is 5.09. The van der Waals surface area contributed by atoms with Gasteiger partial charge < -0.3 is 4.90 Å². The summed E-state index contributed by atoms with van der Waals surface area (Å²) in [6.45, 7) is 6.14. The number of rotatable bonds is 4. The summed E-state index contributed by atoms with van der Waals surface area (Å²) in [5.41, 5.74) is 5.51. The van der Waals surface area contributed by atoms with Crippen molar-refractivity contribution in [3.05, 3.63) is 16.9 Å². The van der Waals surface area contributed by atoms with Crippen molar-refractivity contribution < 1.29 is 4.79 Å². The molecular formula is C12H21NO. The van der Waals surface area contributed by atoms with Crippen LogP contribution in [0.25, 0.3) is 0 Å². The zero-order chi connectivity index (χ0) is 11.1. The molecule has 0 aromatic heterocycles. The minimum atomic E-state index is 0.155. The molecule has 0 aliphatic heterocycles. The quantitative estimate of drug-likeness (QED) is 0.632. The van der Waals surface area contributed by atoms with Crippen molar-refractivity contribution in [1.82, 2.24) is 4.90 Å². The standard InChI is InChI=1S/C12H21NO/c1-6-7-11(8-10(2)3)9-12(14)13(4)5/h6-7,9H2,1-5H3. The molecule has 0 spiro atoms.